The highest BCUT2D eigenvalue weighted by Crippen LogP contribution is 1.98. The third kappa shape index (κ3) is 12.7. The van der Waals surface area contributed by atoms with Gasteiger partial charge in [0.25, 0.3) is 0 Å². The summed E-state index contributed by atoms with van der Waals surface area (Å²) in [7, 11) is 0. The molecule has 0 aliphatic rings. The molecule has 2 heteroatoms. The number of unbranched alkanes of at least 4 members (excludes halogenated alkanes) is 2. The van der Waals surface area contributed by atoms with Crippen molar-refractivity contribution in [2.45, 2.75) is 39.0 Å². The Kier molecular flexibility index (Phi) is 9.83. The molecule has 0 heterocycles. The maximum atomic E-state index is 10.2. The van der Waals surface area contributed by atoms with E-state index in [1.807, 2.05) is 13.0 Å². The first kappa shape index (κ1) is 13.7. The molecule has 0 spiro atoms. The van der Waals surface area contributed by atoms with E-state index in [2.05, 4.69) is 24.3 Å². The van der Waals surface area contributed by atoms with Crippen LogP contribution >= 0.6 is 0 Å². The van der Waals surface area contributed by atoms with E-state index in [1.54, 1.807) is 6.08 Å². The molecule has 0 bridgehead atoms. The minimum absolute atomic E-state index is 0.130. The molecule has 84 valence electrons. The summed E-state index contributed by atoms with van der Waals surface area (Å²) in [6.45, 7) is 2.02. The Morgan fingerprint density at radius 3 is 1.87 bits per heavy atom. The van der Waals surface area contributed by atoms with Crippen LogP contribution in [-0.4, -0.2) is 11.1 Å². The molecule has 1 N–H and O–H groups in total. The van der Waals surface area contributed by atoms with Crippen LogP contribution in [0.3, 0.4) is 0 Å². The lowest BCUT2D eigenvalue weighted by Gasteiger charge is -1.88. The number of hydrogen-bond donors (Lipinski definition) is 1. The maximum absolute atomic E-state index is 10.2. The topological polar surface area (TPSA) is 37.3 Å². The standard InChI is InChI=1S/C13H20O2/c1-2-3-4-5-6-7-8-9-10-11-12-13(14)15/h2-3,6-7,10-11H,4-5,8-9,12H2,1H3,(H,14,15). The predicted octanol–water partition coefficient (Wildman–Crippen LogP) is 3.71. The second kappa shape index (κ2) is 10.8. The van der Waals surface area contributed by atoms with Gasteiger partial charge in [0.2, 0.25) is 0 Å². The summed E-state index contributed by atoms with van der Waals surface area (Å²) in [6.07, 6.45) is 16.4. The van der Waals surface area contributed by atoms with Crippen molar-refractivity contribution in [3.8, 4) is 0 Å². The zero-order chi connectivity index (χ0) is 11.4. The molecule has 0 saturated carbocycles. The van der Waals surface area contributed by atoms with E-state index in [1.165, 1.54) is 0 Å². The zero-order valence-electron chi connectivity index (χ0n) is 9.36. The Morgan fingerprint density at radius 2 is 1.40 bits per heavy atom. The van der Waals surface area contributed by atoms with E-state index in [4.69, 9.17) is 5.11 Å². The van der Waals surface area contributed by atoms with Gasteiger partial charge >= 0.3 is 5.97 Å². The van der Waals surface area contributed by atoms with E-state index in [9.17, 15) is 4.79 Å². The van der Waals surface area contributed by atoms with Crippen molar-refractivity contribution in [1.29, 1.82) is 0 Å². The molecule has 0 aromatic rings. The summed E-state index contributed by atoms with van der Waals surface area (Å²) in [5.41, 5.74) is 0. The van der Waals surface area contributed by atoms with Crippen molar-refractivity contribution >= 4 is 5.97 Å². The second-order valence-electron chi connectivity index (χ2n) is 3.26. The van der Waals surface area contributed by atoms with Crippen LogP contribution in [0.25, 0.3) is 0 Å². The summed E-state index contributed by atoms with van der Waals surface area (Å²) in [6, 6.07) is 0. The van der Waals surface area contributed by atoms with Gasteiger partial charge in [0, 0.05) is 0 Å². The molecule has 0 aromatic heterocycles. The summed E-state index contributed by atoms with van der Waals surface area (Å²) in [5, 5.41) is 8.36. The lowest BCUT2D eigenvalue weighted by Crippen LogP contribution is -1.89. The fraction of sp³-hybridized carbons (Fsp3) is 0.462. The molecule has 0 amide bonds. The second-order valence-corrected chi connectivity index (χ2v) is 3.26. The van der Waals surface area contributed by atoms with Crippen LogP contribution in [-0.2, 0) is 4.79 Å². The van der Waals surface area contributed by atoms with E-state index in [0.29, 0.717) is 0 Å². The van der Waals surface area contributed by atoms with Gasteiger partial charge in [-0.2, -0.15) is 0 Å². The first-order valence-corrected chi connectivity index (χ1v) is 5.40. The molecule has 2 nitrogen and oxygen atoms in total. The van der Waals surface area contributed by atoms with Crippen molar-refractivity contribution < 1.29 is 9.90 Å². The number of carboxylic acid groups (broad SMARTS) is 1. The van der Waals surface area contributed by atoms with Crippen LogP contribution in [0.1, 0.15) is 39.0 Å². The molecule has 0 aliphatic heterocycles. The fourth-order valence-corrected chi connectivity index (χ4v) is 1.09. The third-order valence-electron chi connectivity index (χ3n) is 1.86. The van der Waals surface area contributed by atoms with E-state index in [-0.39, 0.29) is 6.42 Å². The average Bonchev–Trinajstić information content (AvgIpc) is 2.20. The zero-order valence-corrected chi connectivity index (χ0v) is 9.36. The Morgan fingerprint density at radius 1 is 0.933 bits per heavy atom. The van der Waals surface area contributed by atoms with Crippen molar-refractivity contribution in [1.82, 2.24) is 0 Å². The number of aliphatic carboxylic acids is 1. The van der Waals surface area contributed by atoms with Crippen LogP contribution in [0.4, 0.5) is 0 Å². The number of carboxylic acids is 1. The van der Waals surface area contributed by atoms with Crippen LogP contribution < -0.4 is 0 Å². The van der Waals surface area contributed by atoms with Crippen molar-refractivity contribution in [3.63, 3.8) is 0 Å². The lowest BCUT2D eigenvalue weighted by atomic mass is 10.2. The van der Waals surface area contributed by atoms with Gasteiger partial charge in [-0.05, 0) is 32.6 Å². The number of allylic oxidation sites excluding steroid dienone is 5. The van der Waals surface area contributed by atoms with Gasteiger partial charge in [-0.25, -0.2) is 0 Å². The highest BCUT2D eigenvalue weighted by molar-refractivity contribution is 5.68. The fourth-order valence-electron chi connectivity index (χ4n) is 1.09. The van der Waals surface area contributed by atoms with Gasteiger partial charge in [-0.15, -0.1) is 0 Å². The lowest BCUT2D eigenvalue weighted by molar-refractivity contribution is -0.136. The minimum Gasteiger partial charge on any atom is -0.481 e. The molecular weight excluding hydrogens is 188 g/mol. The largest absolute Gasteiger partial charge is 0.481 e. The normalized spacial score (nSPS) is 12.1. The van der Waals surface area contributed by atoms with Crippen molar-refractivity contribution in [2.24, 2.45) is 0 Å². The molecule has 0 aliphatic carbocycles. The number of rotatable bonds is 8. The van der Waals surface area contributed by atoms with Gasteiger partial charge in [0.1, 0.15) is 0 Å². The van der Waals surface area contributed by atoms with Crippen LogP contribution in [0.2, 0.25) is 0 Å². The molecule has 0 rings (SSSR count). The van der Waals surface area contributed by atoms with Crippen molar-refractivity contribution in [3.05, 3.63) is 36.5 Å². The van der Waals surface area contributed by atoms with E-state index < -0.39 is 5.97 Å². The van der Waals surface area contributed by atoms with Gasteiger partial charge < -0.3 is 5.11 Å². The molecule has 0 unspecified atom stereocenters. The van der Waals surface area contributed by atoms with E-state index in [0.717, 1.165) is 25.7 Å². The van der Waals surface area contributed by atoms with E-state index >= 15 is 0 Å². The molecule has 15 heavy (non-hydrogen) atoms. The molecule has 0 saturated heterocycles. The first-order chi connectivity index (χ1) is 7.27. The smallest absolute Gasteiger partial charge is 0.307 e. The molecular formula is C13H20O2. The highest BCUT2D eigenvalue weighted by atomic mass is 16.4. The SMILES string of the molecule is CC=CCCC=CCCC=CCC(=O)O. The van der Waals surface area contributed by atoms with Gasteiger partial charge in [-0.1, -0.05) is 36.5 Å². The molecule has 0 radical (unpaired) electrons. The predicted molar refractivity (Wildman–Crippen MR) is 63.8 cm³/mol. The number of carbonyl (C=O) groups is 1. The molecule has 0 atom stereocenters. The average molecular weight is 208 g/mol. The molecule has 0 fully saturated rings. The molecule has 0 aromatic carbocycles. The van der Waals surface area contributed by atoms with Gasteiger partial charge in [-0.3, -0.25) is 4.79 Å². The monoisotopic (exact) mass is 208 g/mol. The third-order valence-corrected chi connectivity index (χ3v) is 1.86. The summed E-state index contributed by atoms with van der Waals surface area (Å²) in [4.78, 5) is 10.2. The Hall–Kier alpha value is -1.31. The minimum atomic E-state index is -0.770. The first-order valence-electron chi connectivity index (χ1n) is 5.40. The van der Waals surface area contributed by atoms with Gasteiger partial charge in [0.15, 0.2) is 0 Å². The van der Waals surface area contributed by atoms with Crippen molar-refractivity contribution in [2.75, 3.05) is 0 Å². The van der Waals surface area contributed by atoms with Crippen LogP contribution in [0.5, 0.6) is 0 Å². The summed E-state index contributed by atoms with van der Waals surface area (Å²) >= 11 is 0. The quantitative estimate of drug-likeness (QED) is 0.487. The number of hydrogen-bond acceptors (Lipinski definition) is 1. The summed E-state index contributed by atoms with van der Waals surface area (Å²) in [5.74, 6) is -0.770. The highest BCUT2D eigenvalue weighted by Gasteiger charge is 1.87. The summed E-state index contributed by atoms with van der Waals surface area (Å²) < 4.78 is 0. The Balaban J connectivity index is 3.29. The maximum Gasteiger partial charge on any atom is 0.307 e. The Labute approximate surface area is 92.0 Å². The Bertz CT molecular complexity index is 237. The van der Waals surface area contributed by atoms with Crippen LogP contribution in [0, 0.1) is 0 Å². The van der Waals surface area contributed by atoms with Crippen LogP contribution in [0.15, 0.2) is 36.5 Å². The van der Waals surface area contributed by atoms with Gasteiger partial charge in [0.05, 0.1) is 6.42 Å².